The van der Waals surface area contributed by atoms with E-state index in [0.717, 1.165) is 22.1 Å². The second-order valence-electron chi connectivity index (χ2n) is 14.4. The second-order valence-corrected chi connectivity index (χ2v) is 18.7. The minimum atomic E-state index is -4.83. The summed E-state index contributed by atoms with van der Waals surface area (Å²) in [7, 11) is -8.04. The van der Waals surface area contributed by atoms with Gasteiger partial charge in [-0.15, -0.1) is 0 Å². The average molecular weight is 996 g/mol. The number of nitrogens with zero attached hydrogens (tertiary/aromatic N) is 5. The van der Waals surface area contributed by atoms with Crippen molar-refractivity contribution < 1.29 is 49.3 Å². The Morgan fingerprint density at radius 2 is 1.15 bits per heavy atom. The molecule has 0 amide bonds. The molecule has 23 heteroatoms. The number of ether oxygens (including phenoxy) is 1. The molecule has 0 radical (unpaired) electrons. The van der Waals surface area contributed by atoms with Gasteiger partial charge in [0.1, 0.15) is 27.2 Å². The van der Waals surface area contributed by atoms with Crippen LogP contribution < -0.4 is 15.9 Å². The van der Waals surface area contributed by atoms with E-state index in [9.17, 15) is 54.2 Å². The van der Waals surface area contributed by atoms with Crippen molar-refractivity contribution >= 4 is 65.1 Å². The van der Waals surface area contributed by atoms with Crippen molar-refractivity contribution in [1.82, 2.24) is 27.5 Å². The summed E-state index contributed by atoms with van der Waals surface area (Å²) in [5.41, 5.74) is -0.778. The van der Waals surface area contributed by atoms with Gasteiger partial charge in [-0.3, -0.25) is 14.2 Å². The van der Waals surface area contributed by atoms with Crippen LogP contribution in [0.5, 0.6) is 17.2 Å². The Kier molecular flexibility index (Phi) is 12.2. The van der Waals surface area contributed by atoms with Crippen LogP contribution in [0.3, 0.4) is 0 Å². The maximum absolute atomic E-state index is 14.1. The predicted molar refractivity (Wildman–Crippen MR) is 239 cm³/mol. The molecule has 342 valence electrons. The molecule has 0 aliphatic rings. The number of rotatable bonds is 9. The topological polar surface area (TPSA) is 208 Å². The van der Waals surface area contributed by atoms with E-state index >= 15 is 0 Å². The fourth-order valence-electron chi connectivity index (χ4n) is 7.08. The summed E-state index contributed by atoms with van der Waals surface area (Å²) in [4.78, 5) is 34.0. The number of hydrogen-bond donors (Lipinski definition) is 3. The lowest BCUT2D eigenvalue weighted by Crippen LogP contribution is -2.24. The van der Waals surface area contributed by atoms with Gasteiger partial charge in [0.15, 0.2) is 23.1 Å². The number of methoxy groups -OCH3 is 1. The molecule has 9 aromatic rings. The van der Waals surface area contributed by atoms with E-state index < -0.39 is 75.7 Å². The number of hydrogen-bond acceptors (Lipinski definition) is 11. The summed E-state index contributed by atoms with van der Waals surface area (Å²) >= 11 is 12.1. The number of aromatic amines is 1. The zero-order valence-electron chi connectivity index (χ0n) is 33.8. The fourth-order valence-corrected chi connectivity index (χ4v) is 10.7. The molecular weight excluding hydrogens is 968 g/mol. The summed E-state index contributed by atoms with van der Waals surface area (Å²) in [6.45, 7) is 0.123. The minimum absolute atomic E-state index is 0.0680. The van der Waals surface area contributed by atoms with Crippen LogP contribution in [0.15, 0.2) is 141 Å². The molecule has 0 saturated heterocycles. The van der Waals surface area contributed by atoms with E-state index in [1.165, 1.54) is 72.7 Å². The first-order valence-corrected chi connectivity index (χ1v) is 22.6. The first kappa shape index (κ1) is 46.1. The van der Waals surface area contributed by atoms with Gasteiger partial charge < -0.3 is 19.9 Å². The van der Waals surface area contributed by atoms with Crippen molar-refractivity contribution in [3.63, 3.8) is 0 Å². The largest absolute Gasteiger partial charge is 0.504 e. The highest BCUT2D eigenvalue weighted by Crippen LogP contribution is 2.38. The molecule has 4 heterocycles. The number of aromatic hydroxyl groups is 2. The normalized spacial score (nSPS) is 11.7. The summed E-state index contributed by atoms with van der Waals surface area (Å²) in [6.07, 6.45) is 4.77. The minimum Gasteiger partial charge on any atom is -0.504 e. The van der Waals surface area contributed by atoms with Crippen LogP contribution in [0.1, 0.15) is 5.56 Å². The smallest absolute Gasteiger partial charge is 0.272 e. The van der Waals surface area contributed by atoms with Gasteiger partial charge in [-0.1, -0.05) is 35.3 Å². The second kappa shape index (κ2) is 17.7. The predicted octanol–water partition coefficient (Wildman–Crippen LogP) is 8.06. The van der Waals surface area contributed by atoms with Gasteiger partial charge in [-0.25, -0.2) is 52.3 Å². The Morgan fingerprint density at radius 3 is 1.64 bits per heavy atom. The van der Waals surface area contributed by atoms with Crippen molar-refractivity contribution in [3.05, 3.63) is 182 Å². The van der Waals surface area contributed by atoms with Crippen molar-refractivity contribution in [1.29, 1.82) is 0 Å². The molecule has 3 N–H and O–H groups in total. The number of phenolic OH excluding ortho intramolecular Hbond substituents is 2. The lowest BCUT2D eigenvalue weighted by Gasteiger charge is -2.14. The number of halogens is 6. The Balaban J connectivity index is 0.000000188. The van der Waals surface area contributed by atoms with E-state index in [1.807, 2.05) is 0 Å². The van der Waals surface area contributed by atoms with E-state index in [2.05, 4.69) is 15.0 Å². The van der Waals surface area contributed by atoms with Crippen molar-refractivity contribution in [2.75, 3.05) is 7.11 Å². The van der Waals surface area contributed by atoms with E-state index in [4.69, 9.17) is 27.9 Å². The molecule has 5 aromatic carbocycles. The summed E-state index contributed by atoms with van der Waals surface area (Å²) in [5.74, 6) is -7.15. The van der Waals surface area contributed by atoms with Gasteiger partial charge in [0, 0.05) is 45.3 Å². The van der Waals surface area contributed by atoms with Crippen LogP contribution in [0.2, 0.25) is 10.0 Å². The van der Waals surface area contributed by atoms with Gasteiger partial charge in [0.25, 0.3) is 31.2 Å². The summed E-state index contributed by atoms with van der Waals surface area (Å²) in [5, 5.41) is 21.4. The Morgan fingerprint density at radius 1 is 0.657 bits per heavy atom. The van der Waals surface area contributed by atoms with Gasteiger partial charge in [-0.05, 0) is 78.4 Å². The van der Waals surface area contributed by atoms with E-state index in [-0.39, 0.29) is 40.1 Å². The molecule has 0 spiro atoms. The Bertz CT molecular complexity index is 3810. The maximum Gasteiger partial charge on any atom is 0.272 e. The molecule has 15 nitrogen and oxygen atoms in total. The highest BCUT2D eigenvalue weighted by molar-refractivity contribution is 7.90. The Labute approximate surface area is 385 Å². The zero-order valence-corrected chi connectivity index (χ0v) is 37.0. The molecule has 0 unspecified atom stereocenters. The quantitative estimate of drug-likeness (QED) is 0.118. The number of H-pyrrole nitrogens is 1. The molecule has 67 heavy (non-hydrogen) atoms. The molecule has 0 bridgehead atoms. The Hall–Kier alpha value is -7.46. The molecule has 0 saturated carbocycles. The summed E-state index contributed by atoms with van der Waals surface area (Å²) in [6, 6.07) is 20.0. The van der Waals surface area contributed by atoms with Gasteiger partial charge in [-0.2, -0.15) is 0 Å². The van der Waals surface area contributed by atoms with Crippen molar-refractivity contribution in [3.8, 4) is 39.8 Å². The van der Waals surface area contributed by atoms with Crippen molar-refractivity contribution in [2.45, 2.75) is 16.3 Å². The first-order valence-electron chi connectivity index (χ1n) is 19.0. The maximum atomic E-state index is 14.1. The van der Waals surface area contributed by atoms with Crippen molar-refractivity contribution in [2.24, 2.45) is 0 Å². The van der Waals surface area contributed by atoms with Crippen LogP contribution in [0.4, 0.5) is 17.6 Å². The number of nitrogens with one attached hydrogen (secondary N) is 1. The third kappa shape index (κ3) is 8.60. The van der Waals surface area contributed by atoms with Gasteiger partial charge >= 0.3 is 0 Å². The number of aromatic nitrogens is 6. The number of benzene rings is 5. The molecule has 0 fully saturated rings. The molecule has 0 atom stereocenters. The molecule has 0 aliphatic carbocycles. The fraction of sp³-hybridized carbons (Fsp3) is 0.0455. The third-order valence-corrected chi connectivity index (χ3v) is 14.1. The number of phenols is 2. The third-order valence-electron chi connectivity index (χ3n) is 10.1. The molecule has 9 rings (SSSR count). The monoisotopic (exact) mass is 994 g/mol. The van der Waals surface area contributed by atoms with Crippen LogP contribution >= 0.6 is 23.2 Å². The van der Waals surface area contributed by atoms with Crippen LogP contribution in [-0.4, -0.2) is 61.6 Å². The molecular formula is C44H28Cl2F4N6O9S2. The highest BCUT2D eigenvalue weighted by atomic mass is 35.5. The van der Waals surface area contributed by atoms with Gasteiger partial charge in [0.05, 0.1) is 59.9 Å². The standard InChI is InChI=1S/C26H18ClF2N3O5S.C18H10ClF2N3O4S/c1-37-19-5-2-15(3-6-19)13-31-14-30-12-20(26(31)34)23-9-16-8-17(27)4-7-22(16)32(23)38(35,36)24-11-18(28)10-21(29)25(24)33;19-10-1-2-14-9(3-10)4-15(12-7-22-8-23-18(12)26)24(14)29(27,28)16-6-11(20)5-13(21)17(16)25/h2-12,14,33H,13H2,1H3;1-8,25H,(H,22,23,26). The average Bonchev–Trinajstić information content (AvgIpc) is 3.86. The first-order chi connectivity index (χ1) is 31.8. The van der Waals surface area contributed by atoms with Crippen LogP contribution in [0, 0.1) is 23.3 Å². The zero-order chi connectivity index (χ0) is 48.1. The van der Waals surface area contributed by atoms with Crippen LogP contribution in [-0.2, 0) is 26.6 Å². The van der Waals surface area contributed by atoms with E-state index in [0.29, 0.717) is 54.8 Å². The SMILES string of the molecule is COc1ccc(Cn2cncc(-c3cc4cc(Cl)ccc4n3S(=O)(=O)c3cc(F)cc(F)c3O)c2=O)cc1.O=c1[nH]cncc1-c1cc2cc(Cl)ccc2n1S(=O)(=O)c1cc(F)cc(F)c1O. The van der Waals surface area contributed by atoms with Gasteiger partial charge in [0.2, 0.25) is 0 Å². The van der Waals surface area contributed by atoms with E-state index in [1.54, 1.807) is 24.3 Å². The molecule has 0 aliphatic heterocycles. The summed E-state index contributed by atoms with van der Waals surface area (Å²) < 4.78 is 118. The molecule has 4 aromatic heterocycles. The number of fused-ring (bicyclic) bond motifs is 2. The lowest BCUT2D eigenvalue weighted by molar-refractivity contribution is 0.411. The highest BCUT2D eigenvalue weighted by Gasteiger charge is 2.32. The lowest BCUT2D eigenvalue weighted by atomic mass is 10.2. The van der Waals surface area contributed by atoms with Crippen LogP contribution in [0.25, 0.3) is 44.3 Å².